The van der Waals surface area contributed by atoms with E-state index in [9.17, 15) is 4.79 Å². The number of carbonyl (C=O) groups excluding carboxylic acids is 1. The lowest BCUT2D eigenvalue weighted by atomic mass is 9.79. The fourth-order valence-electron chi connectivity index (χ4n) is 2.60. The molecule has 0 radical (unpaired) electrons. The fourth-order valence-corrected chi connectivity index (χ4v) is 2.60. The molecule has 1 aliphatic heterocycles. The van der Waals surface area contributed by atoms with Crippen LogP contribution in [-0.4, -0.2) is 35.1 Å². The van der Waals surface area contributed by atoms with Gasteiger partial charge in [-0.05, 0) is 25.7 Å². The average Bonchev–Trinajstić information content (AvgIpc) is 2.64. The molecule has 2 heterocycles. The van der Waals surface area contributed by atoms with Gasteiger partial charge in [-0.15, -0.1) is 0 Å². The molecule has 1 unspecified atom stereocenters. The maximum absolute atomic E-state index is 12.4. The molecule has 19 heavy (non-hydrogen) atoms. The van der Waals surface area contributed by atoms with Gasteiger partial charge in [-0.1, -0.05) is 19.0 Å². The van der Waals surface area contributed by atoms with Crippen molar-refractivity contribution < 1.29 is 9.32 Å². The smallest absolute Gasteiger partial charge is 0.227 e. The average molecular weight is 265 g/mol. The second-order valence-electron chi connectivity index (χ2n) is 6.18. The van der Waals surface area contributed by atoms with E-state index >= 15 is 0 Å². The Balaban J connectivity index is 2.05. The maximum atomic E-state index is 12.4. The SMILES string of the molecule is Cc1noc(C)c1CC(=O)N1CCC(N)C(C)(C)C1. The van der Waals surface area contributed by atoms with Gasteiger partial charge in [0.15, 0.2) is 0 Å². The van der Waals surface area contributed by atoms with Gasteiger partial charge >= 0.3 is 0 Å². The zero-order chi connectivity index (χ0) is 14.2. The van der Waals surface area contributed by atoms with Gasteiger partial charge in [0.2, 0.25) is 5.91 Å². The highest BCUT2D eigenvalue weighted by atomic mass is 16.5. The summed E-state index contributed by atoms with van der Waals surface area (Å²) in [5.74, 6) is 0.869. The number of carbonyl (C=O) groups is 1. The van der Waals surface area contributed by atoms with Crippen LogP contribution in [0.5, 0.6) is 0 Å². The normalized spacial score (nSPS) is 22.6. The molecule has 0 aliphatic carbocycles. The van der Waals surface area contributed by atoms with Crippen LogP contribution in [0.4, 0.5) is 0 Å². The molecule has 5 heteroatoms. The Morgan fingerprint density at radius 2 is 2.21 bits per heavy atom. The summed E-state index contributed by atoms with van der Waals surface area (Å²) in [5, 5.41) is 3.89. The number of nitrogens with two attached hydrogens (primary N) is 1. The lowest BCUT2D eigenvalue weighted by Crippen LogP contribution is -2.54. The Morgan fingerprint density at radius 3 is 2.74 bits per heavy atom. The van der Waals surface area contributed by atoms with Crippen molar-refractivity contribution in [3.63, 3.8) is 0 Å². The van der Waals surface area contributed by atoms with Crippen LogP contribution in [0, 0.1) is 19.3 Å². The molecule has 0 bridgehead atoms. The summed E-state index contributed by atoms with van der Waals surface area (Å²) in [6, 6.07) is 0.163. The first-order chi connectivity index (χ1) is 8.81. The molecule has 1 saturated heterocycles. The number of hydrogen-bond acceptors (Lipinski definition) is 4. The highest BCUT2D eigenvalue weighted by Crippen LogP contribution is 2.28. The predicted octanol–water partition coefficient (Wildman–Crippen LogP) is 1.42. The van der Waals surface area contributed by atoms with E-state index < -0.39 is 0 Å². The molecule has 2 rings (SSSR count). The van der Waals surface area contributed by atoms with Crippen molar-refractivity contribution in [3.8, 4) is 0 Å². The van der Waals surface area contributed by atoms with Gasteiger partial charge in [-0.25, -0.2) is 0 Å². The number of aryl methyl sites for hydroxylation is 2. The number of amides is 1. The van der Waals surface area contributed by atoms with Crippen molar-refractivity contribution in [3.05, 3.63) is 17.0 Å². The molecule has 0 saturated carbocycles. The summed E-state index contributed by atoms with van der Waals surface area (Å²) < 4.78 is 5.10. The summed E-state index contributed by atoms with van der Waals surface area (Å²) >= 11 is 0. The number of hydrogen-bond donors (Lipinski definition) is 1. The van der Waals surface area contributed by atoms with Gasteiger partial charge in [0.05, 0.1) is 12.1 Å². The largest absolute Gasteiger partial charge is 0.361 e. The van der Waals surface area contributed by atoms with Crippen LogP contribution in [0.1, 0.15) is 37.3 Å². The summed E-state index contributed by atoms with van der Waals surface area (Å²) in [4.78, 5) is 14.3. The molecule has 106 valence electrons. The van der Waals surface area contributed by atoms with E-state index in [1.807, 2.05) is 18.7 Å². The molecule has 5 nitrogen and oxygen atoms in total. The number of nitrogens with zero attached hydrogens (tertiary/aromatic N) is 2. The zero-order valence-corrected chi connectivity index (χ0v) is 12.2. The fraction of sp³-hybridized carbons (Fsp3) is 0.714. The van der Waals surface area contributed by atoms with Gasteiger partial charge in [0, 0.05) is 24.7 Å². The lowest BCUT2D eigenvalue weighted by molar-refractivity contribution is -0.133. The number of rotatable bonds is 2. The molecule has 1 aliphatic rings. The van der Waals surface area contributed by atoms with Crippen molar-refractivity contribution in [2.24, 2.45) is 11.1 Å². The molecule has 0 spiro atoms. The Morgan fingerprint density at radius 1 is 1.53 bits per heavy atom. The van der Waals surface area contributed by atoms with Gasteiger partial charge in [-0.2, -0.15) is 0 Å². The minimum atomic E-state index is -0.0212. The molecule has 1 atom stereocenters. The van der Waals surface area contributed by atoms with E-state index in [2.05, 4.69) is 19.0 Å². The van der Waals surface area contributed by atoms with Crippen LogP contribution < -0.4 is 5.73 Å². The minimum absolute atomic E-state index is 0.0212. The van der Waals surface area contributed by atoms with E-state index in [4.69, 9.17) is 10.3 Å². The quantitative estimate of drug-likeness (QED) is 0.877. The van der Waals surface area contributed by atoms with Crippen molar-refractivity contribution in [2.75, 3.05) is 13.1 Å². The van der Waals surface area contributed by atoms with Crippen LogP contribution in [0.2, 0.25) is 0 Å². The zero-order valence-electron chi connectivity index (χ0n) is 12.2. The number of aromatic nitrogens is 1. The van der Waals surface area contributed by atoms with E-state index in [1.165, 1.54) is 0 Å². The molecule has 1 amide bonds. The van der Waals surface area contributed by atoms with Gasteiger partial charge in [0.25, 0.3) is 0 Å². The Kier molecular flexibility index (Phi) is 3.67. The van der Waals surface area contributed by atoms with Gasteiger partial charge in [-0.3, -0.25) is 4.79 Å². The third-order valence-electron chi connectivity index (χ3n) is 4.17. The first-order valence-corrected chi connectivity index (χ1v) is 6.76. The molecule has 0 aromatic carbocycles. The highest BCUT2D eigenvalue weighted by Gasteiger charge is 2.35. The monoisotopic (exact) mass is 265 g/mol. The Hall–Kier alpha value is -1.36. The van der Waals surface area contributed by atoms with E-state index in [-0.39, 0.29) is 17.4 Å². The molecule has 1 fully saturated rings. The van der Waals surface area contributed by atoms with Crippen molar-refractivity contribution in [1.82, 2.24) is 10.1 Å². The summed E-state index contributed by atoms with van der Waals surface area (Å²) in [7, 11) is 0. The second kappa shape index (κ2) is 4.96. The summed E-state index contributed by atoms with van der Waals surface area (Å²) in [5.41, 5.74) is 7.79. The maximum Gasteiger partial charge on any atom is 0.227 e. The van der Waals surface area contributed by atoms with Crippen molar-refractivity contribution in [1.29, 1.82) is 0 Å². The number of likely N-dealkylation sites (tertiary alicyclic amines) is 1. The second-order valence-corrected chi connectivity index (χ2v) is 6.18. The summed E-state index contributed by atoms with van der Waals surface area (Å²) in [6.07, 6.45) is 1.23. The van der Waals surface area contributed by atoms with Crippen LogP contribution >= 0.6 is 0 Å². The molecule has 1 aromatic rings. The predicted molar refractivity (Wildman–Crippen MR) is 72.6 cm³/mol. The summed E-state index contributed by atoms with van der Waals surface area (Å²) in [6.45, 7) is 9.41. The third kappa shape index (κ3) is 2.81. The van der Waals surface area contributed by atoms with Gasteiger partial charge in [0.1, 0.15) is 5.76 Å². The number of piperidine rings is 1. The van der Waals surface area contributed by atoms with Crippen molar-refractivity contribution >= 4 is 5.91 Å². The first-order valence-electron chi connectivity index (χ1n) is 6.76. The minimum Gasteiger partial charge on any atom is -0.361 e. The molecular weight excluding hydrogens is 242 g/mol. The molecule has 1 aromatic heterocycles. The highest BCUT2D eigenvalue weighted by molar-refractivity contribution is 5.79. The van der Waals surface area contributed by atoms with E-state index in [0.29, 0.717) is 6.42 Å². The first kappa shape index (κ1) is 14.1. The Labute approximate surface area is 114 Å². The van der Waals surface area contributed by atoms with Crippen LogP contribution in [-0.2, 0) is 11.2 Å². The molecule has 2 N–H and O–H groups in total. The standard InChI is InChI=1S/C14H23N3O2/c1-9-11(10(2)19-16-9)7-13(18)17-6-5-12(15)14(3,4)8-17/h12H,5-8,15H2,1-4H3. The van der Waals surface area contributed by atoms with Crippen LogP contribution in [0.25, 0.3) is 0 Å². The third-order valence-corrected chi connectivity index (χ3v) is 4.17. The van der Waals surface area contributed by atoms with E-state index in [1.54, 1.807) is 0 Å². The van der Waals surface area contributed by atoms with Gasteiger partial charge < -0.3 is 15.2 Å². The molecular formula is C14H23N3O2. The van der Waals surface area contributed by atoms with E-state index in [0.717, 1.165) is 36.5 Å². The lowest BCUT2D eigenvalue weighted by Gasteiger charge is -2.42. The Bertz CT molecular complexity index is 460. The topological polar surface area (TPSA) is 72.4 Å². The van der Waals surface area contributed by atoms with Crippen LogP contribution in [0.3, 0.4) is 0 Å². The van der Waals surface area contributed by atoms with Crippen LogP contribution in [0.15, 0.2) is 4.52 Å². The van der Waals surface area contributed by atoms with Crippen molar-refractivity contribution in [2.45, 2.75) is 46.6 Å².